The molecule has 6 heteroatoms. The van der Waals surface area contributed by atoms with Crippen LogP contribution in [0.3, 0.4) is 0 Å². The van der Waals surface area contributed by atoms with Gasteiger partial charge >= 0.3 is 6.03 Å². The maximum absolute atomic E-state index is 13.2. The lowest BCUT2D eigenvalue weighted by Gasteiger charge is -2.29. The summed E-state index contributed by atoms with van der Waals surface area (Å²) in [5, 5.41) is 3.97. The fraction of sp³-hybridized carbons (Fsp3) is 0.360. The minimum Gasteiger partial charge on any atom is -0.497 e. The topological polar surface area (TPSA) is 74.4 Å². The van der Waals surface area contributed by atoms with E-state index in [0.29, 0.717) is 11.3 Å². The van der Waals surface area contributed by atoms with Gasteiger partial charge in [-0.05, 0) is 73.5 Å². The molecule has 1 saturated carbocycles. The quantitative estimate of drug-likeness (QED) is 0.602. The standard InChI is InChI=1S/C25H29N3O3/c1-16-8-9-18-14-19(24(29)27-23(18)17(16)2)15-28(21-6-4-5-7-21)25(30)26-20-10-12-22(31-3)13-11-20/h8-14,21H,4-7,15H2,1-3H3,(H,26,30)(H,27,29). The number of urea groups is 1. The summed E-state index contributed by atoms with van der Waals surface area (Å²) in [7, 11) is 1.61. The number of carbonyl (C=O) groups excluding carboxylic acids is 1. The van der Waals surface area contributed by atoms with Gasteiger partial charge in [0.15, 0.2) is 0 Å². The summed E-state index contributed by atoms with van der Waals surface area (Å²) in [6.07, 6.45) is 4.12. The Hall–Kier alpha value is -3.28. The monoisotopic (exact) mass is 419 g/mol. The zero-order chi connectivity index (χ0) is 22.0. The molecule has 2 amide bonds. The summed E-state index contributed by atoms with van der Waals surface area (Å²) in [6.45, 7) is 4.33. The summed E-state index contributed by atoms with van der Waals surface area (Å²) in [6, 6.07) is 13.2. The van der Waals surface area contributed by atoms with E-state index in [0.717, 1.165) is 53.5 Å². The number of amides is 2. The molecule has 31 heavy (non-hydrogen) atoms. The number of rotatable bonds is 5. The van der Waals surface area contributed by atoms with Crippen molar-refractivity contribution in [3.8, 4) is 5.75 Å². The van der Waals surface area contributed by atoms with Crippen LogP contribution in [0, 0.1) is 13.8 Å². The van der Waals surface area contributed by atoms with E-state index in [4.69, 9.17) is 4.74 Å². The van der Waals surface area contributed by atoms with Crippen LogP contribution >= 0.6 is 0 Å². The van der Waals surface area contributed by atoms with Gasteiger partial charge in [0, 0.05) is 17.3 Å². The van der Waals surface area contributed by atoms with Crippen LogP contribution in [-0.2, 0) is 6.54 Å². The Bertz CT molecular complexity index is 1150. The van der Waals surface area contributed by atoms with Crippen LogP contribution in [0.15, 0.2) is 47.3 Å². The Balaban J connectivity index is 1.62. The zero-order valence-corrected chi connectivity index (χ0v) is 18.3. The van der Waals surface area contributed by atoms with Crippen LogP contribution < -0.4 is 15.6 Å². The Morgan fingerprint density at radius 3 is 2.52 bits per heavy atom. The average molecular weight is 420 g/mol. The molecule has 0 radical (unpaired) electrons. The fourth-order valence-corrected chi connectivity index (χ4v) is 4.32. The highest BCUT2D eigenvalue weighted by Gasteiger charge is 2.27. The van der Waals surface area contributed by atoms with E-state index in [1.807, 2.05) is 55.1 Å². The lowest BCUT2D eigenvalue weighted by atomic mass is 10.0. The van der Waals surface area contributed by atoms with E-state index < -0.39 is 0 Å². The Kier molecular flexibility index (Phi) is 5.98. The number of aryl methyl sites for hydroxylation is 2. The first-order valence-corrected chi connectivity index (χ1v) is 10.8. The van der Waals surface area contributed by atoms with Gasteiger partial charge in [0.25, 0.3) is 5.56 Å². The van der Waals surface area contributed by atoms with E-state index >= 15 is 0 Å². The normalized spacial score (nSPS) is 14.0. The number of fused-ring (bicyclic) bond motifs is 1. The maximum atomic E-state index is 13.2. The fourth-order valence-electron chi connectivity index (χ4n) is 4.32. The van der Waals surface area contributed by atoms with Gasteiger partial charge in [0.05, 0.1) is 19.2 Å². The van der Waals surface area contributed by atoms with E-state index in [1.54, 1.807) is 7.11 Å². The van der Waals surface area contributed by atoms with Crippen LogP contribution in [0.25, 0.3) is 10.9 Å². The largest absolute Gasteiger partial charge is 0.497 e. The molecule has 1 aliphatic carbocycles. The molecule has 0 bridgehead atoms. The van der Waals surface area contributed by atoms with Gasteiger partial charge in [-0.1, -0.05) is 25.0 Å². The first kappa shape index (κ1) is 21.0. The second-order valence-electron chi connectivity index (χ2n) is 8.32. The molecule has 0 atom stereocenters. The Labute approximate surface area is 182 Å². The van der Waals surface area contributed by atoms with Crippen LogP contribution in [0.4, 0.5) is 10.5 Å². The van der Waals surface area contributed by atoms with Gasteiger partial charge in [-0.2, -0.15) is 0 Å². The maximum Gasteiger partial charge on any atom is 0.322 e. The second kappa shape index (κ2) is 8.84. The minimum atomic E-state index is -0.184. The average Bonchev–Trinajstić information content (AvgIpc) is 3.30. The van der Waals surface area contributed by atoms with Crippen LogP contribution in [0.5, 0.6) is 5.75 Å². The van der Waals surface area contributed by atoms with Crippen molar-refractivity contribution < 1.29 is 9.53 Å². The van der Waals surface area contributed by atoms with Crippen molar-refractivity contribution in [2.24, 2.45) is 0 Å². The third-order valence-corrected chi connectivity index (χ3v) is 6.34. The van der Waals surface area contributed by atoms with E-state index in [1.165, 1.54) is 0 Å². The Morgan fingerprint density at radius 1 is 1.13 bits per heavy atom. The lowest BCUT2D eigenvalue weighted by Crippen LogP contribution is -2.42. The summed E-state index contributed by atoms with van der Waals surface area (Å²) < 4.78 is 5.18. The van der Waals surface area contributed by atoms with Crippen molar-refractivity contribution in [3.05, 3.63) is 69.5 Å². The summed E-state index contributed by atoms with van der Waals surface area (Å²) >= 11 is 0. The molecule has 0 unspecified atom stereocenters. The molecule has 2 aromatic carbocycles. The van der Waals surface area contributed by atoms with E-state index in [9.17, 15) is 9.59 Å². The molecule has 4 rings (SSSR count). The van der Waals surface area contributed by atoms with Crippen LogP contribution in [-0.4, -0.2) is 29.1 Å². The van der Waals surface area contributed by atoms with Crippen LogP contribution in [0.2, 0.25) is 0 Å². The van der Waals surface area contributed by atoms with Crippen molar-refractivity contribution in [3.63, 3.8) is 0 Å². The number of anilines is 1. The molecule has 6 nitrogen and oxygen atoms in total. The predicted octanol–water partition coefficient (Wildman–Crippen LogP) is 5.13. The number of pyridine rings is 1. The first-order chi connectivity index (χ1) is 15.0. The van der Waals surface area contributed by atoms with Gasteiger partial charge < -0.3 is 19.9 Å². The third-order valence-electron chi connectivity index (χ3n) is 6.34. The molecular weight excluding hydrogens is 390 g/mol. The van der Waals surface area contributed by atoms with Gasteiger partial charge in [-0.15, -0.1) is 0 Å². The van der Waals surface area contributed by atoms with Gasteiger partial charge in [0.1, 0.15) is 5.75 Å². The molecule has 0 saturated heterocycles. The Morgan fingerprint density at radius 2 is 1.84 bits per heavy atom. The first-order valence-electron chi connectivity index (χ1n) is 10.8. The van der Waals surface area contributed by atoms with E-state index in [2.05, 4.69) is 16.4 Å². The molecule has 1 heterocycles. The third kappa shape index (κ3) is 4.43. The van der Waals surface area contributed by atoms with Crippen molar-refractivity contribution in [1.29, 1.82) is 0 Å². The number of aromatic nitrogens is 1. The molecule has 1 fully saturated rings. The highest BCUT2D eigenvalue weighted by atomic mass is 16.5. The number of carbonyl (C=O) groups is 1. The van der Waals surface area contributed by atoms with E-state index in [-0.39, 0.29) is 24.2 Å². The molecule has 0 aliphatic heterocycles. The van der Waals surface area contributed by atoms with Crippen molar-refractivity contribution >= 4 is 22.6 Å². The number of hydrogen-bond acceptors (Lipinski definition) is 3. The number of nitrogens with one attached hydrogen (secondary N) is 2. The second-order valence-corrected chi connectivity index (χ2v) is 8.32. The molecule has 2 N–H and O–H groups in total. The predicted molar refractivity (Wildman–Crippen MR) is 124 cm³/mol. The number of nitrogens with zero attached hydrogens (tertiary/aromatic N) is 1. The van der Waals surface area contributed by atoms with Crippen molar-refractivity contribution in [1.82, 2.24) is 9.88 Å². The van der Waals surface area contributed by atoms with Gasteiger partial charge in [0.2, 0.25) is 0 Å². The zero-order valence-electron chi connectivity index (χ0n) is 18.3. The summed E-state index contributed by atoms with van der Waals surface area (Å²) in [5.74, 6) is 0.735. The number of benzene rings is 2. The summed E-state index contributed by atoms with van der Waals surface area (Å²) in [4.78, 5) is 30.9. The highest BCUT2D eigenvalue weighted by molar-refractivity contribution is 5.90. The van der Waals surface area contributed by atoms with Crippen molar-refractivity contribution in [2.45, 2.75) is 52.1 Å². The number of aromatic amines is 1. The number of hydrogen-bond donors (Lipinski definition) is 2. The lowest BCUT2D eigenvalue weighted by molar-refractivity contribution is 0.184. The van der Waals surface area contributed by atoms with Gasteiger partial charge in [-0.3, -0.25) is 4.79 Å². The summed E-state index contributed by atoms with van der Waals surface area (Å²) in [5.41, 5.74) is 4.25. The number of methoxy groups -OCH3 is 1. The minimum absolute atomic E-state index is 0.132. The molecule has 162 valence electrons. The number of H-pyrrole nitrogens is 1. The molecule has 1 aromatic heterocycles. The molecule has 0 spiro atoms. The molecular formula is C25H29N3O3. The van der Waals surface area contributed by atoms with Gasteiger partial charge in [-0.25, -0.2) is 4.79 Å². The smallest absolute Gasteiger partial charge is 0.322 e. The number of ether oxygens (including phenoxy) is 1. The van der Waals surface area contributed by atoms with Crippen molar-refractivity contribution in [2.75, 3.05) is 12.4 Å². The highest BCUT2D eigenvalue weighted by Crippen LogP contribution is 2.27. The molecule has 1 aliphatic rings. The van der Waals surface area contributed by atoms with Crippen LogP contribution in [0.1, 0.15) is 42.4 Å². The SMILES string of the molecule is COc1ccc(NC(=O)N(Cc2cc3ccc(C)c(C)c3[nH]c2=O)C2CCCC2)cc1. The molecule has 3 aromatic rings.